The Morgan fingerprint density at radius 3 is 2.59 bits per heavy atom. The molecule has 3 rings (SSSR count). The van der Waals surface area contributed by atoms with E-state index in [0.717, 1.165) is 11.4 Å². The first kappa shape index (κ1) is 18.3. The van der Waals surface area contributed by atoms with Gasteiger partial charge in [-0.3, -0.25) is 9.78 Å². The van der Waals surface area contributed by atoms with Gasteiger partial charge in [0.2, 0.25) is 0 Å². The number of hydrogen-bond acceptors (Lipinski definition) is 5. The van der Waals surface area contributed by atoms with Crippen molar-refractivity contribution in [2.75, 3.05) is 6.61 Å². The molecule has 0 bridgehead atoms. The van der Waals surface area contributed by atoms with Crippen LogP contribution in [0, 0.1) is 6.92 Å². The van der Waals surface area contributed by atoms with E-state index in [2.05, 4.69) is 15.4 Å². The molecule has 0 aliphatic carbocycles. The van der Waals surface area contributed by atoms with E-state index in [-0.39, 0.29) is 5.91 Å². The van der Waals surface area contributed by atoms with E-state index in [4.69, 9.17) is 4.74 Å². The van der Waals surface area contributed by atoms with Crippen molar-refractivity contribution in [2.45, 2.75) is 20.4 Å². The molecule has 0 aliphatic heterocycles. The topological polar surface area (TPSA) is 86.1 Å². The van der Waals surface area contributed by atoms with Crippen LogP contribution in [0.1, 0.15) is 39.0 Å². The van der Waals surface area contributed by atoms with E-state index in [1.807, 2.05) is 18.2 Å². The van der Waals surface area contributed by atoms with Crippen molar-refractivity contribution in [1.82, 2.24) is 20.1 Å². The average Bonchev–Trinajstić information content (AvgIpc) is 3.08. The third-order valence-electron chi connectivity index (χ3n) is 4.04. The summed E-state index contributed by atoms with van der Waals surface area (Å²) in [6.07, 6.45) is 3.17. The van der Waals surface area contributed by atoms with Gasteiger partial charge < -0.3 is 10.1 Å². The van der Waals surface area contributed by atoms with Crippen LogP contribution in [0.3, 0.4) is 0 Å². The summed E-state index contributed by atoms with van der Waals surface area (Å²) >= 11 is 0. The molecular formula is C20H20N4O3. The third kappa shape index (κ3) is 4.20. The number of rotatable bonds is 6. The van der Waals surface area contributed by atoms with Gasteiger partial charge in [-0.1, -0.05) is 6.07 Å². The summed E-state index contributed by atoms with van der Waals surface area (Å²) in [4.78, 5) is 28.4. The first-order valence-electron chi connectivity index (χ1n) is 8.60. The summed E-state index contributed by atoms with van der Waals surface area (Å²) < 4.78 is 6.66. The summed E-state index contributed by atoms with van der Waals surface area (Å²) in [5, 5.41) is 7.08. The fraction of sp³-hybridized carbons (Fsp3) is 0.200. The van der Waals surface area contributed by atoms with E-state index < -0.39 is 5.97 Å². The van der Waals surface area contributed by atoms with Gasteiger partial charge in [0.05, 0.1) is 36.4 Å². The summed E-state index contributed by atoms with van der Waals surface area (Å²) in [5.74, 6) is -0.580. The lowest BCUT2D eigenvalue weighted by atomic mass is 10.2. The van der Waals surface area contributed by atoms with E-state index in [1.165, 1.54) is 6.20 Å². The van der Waals surface area contributed by atoms with Crippen molar-refractivity contribution in [3.05, 3.63) is 77.4 Å². The fourth-order valence-corrected chi connectivity index (χ4v) is 2.61. The highest BCUT2D eigenvalue weighted by Gasteiger charge is 2.16. The van der Waals surface area contributed by atoms with Crippen LogP contribution in [0.2, 0.25) is 0 Å². The minimum absolute atomic E-state index is 0.184. The molecule has 7 nitrogen and oxygen atoms in total. The lowest BCUT2D eigenvalue weighted by Crippen LogP contribution is -2.23. The smallest absolute Gasteiger partial charge is 0.341 e. The Morgan fingerprint density at radius 2 is 1.93 bits per heavy atom. The van der Waals surface area contributed by atoms with E-state index in [1.54, 1.807) is 49.0 Å². The molecule has 1 aromatic carbocycles. The summed E-state index contributed by atoms with van der Waals surface area (Å²) in [6, 6.07) is 12.6. The van der Waals surface area contributed by atoms with Crippen molar-refractivity contribution in [2.24, 2.45) is 0 Å². The van der Waals surface area contributed by atoms with Gasteiger partial charge in [0.25, 0.3) is 5.91 Å². The number of esters is 1. The highest BCUT2D eigenvalue weighted by molar-refractivity contribution is 5.94. The summed E-state index contributed by atoms with van der Waals surface area (Å²) in [6.45, 7) is 4.23. The summed E-state index contributed by atoms with van der Waals surface area (Å²) in [5.41, 5.74) is 3.19. The average molecular weight is 364 g/mol. The van der Waals surface area contributed by atoms with Crippen molar-refractivity contribution in [3.63, 3.8) is 0 Å². The van der Waals surface area contributed by atoms with Gasteiger partial charge in [0, 0.05) is 11.8 Å². The van der Waals surface area contributed by atoms with Crippen molar-refractivity contribution >= 4 is 11.9 Å². The van der Waals surface area contributed by atoms with Gasteiger partial charge in [0.1, 0.15) is 5.56 Å². The Kier molecular flexibility index (Phi) is 5.61. The molecule has 2 aromatic heterocycles. The van der Waals surface area contributed by atoms with Crippen molar-refractivity contribution < 1.29 is 14.3 Å². The molecule has 0 spiro atoms. The molecule has 27 heavy (non-hydrogen) atoms. The molecule has 1 amide bonds. The maximum absolute atomic E-state index is 12.3. The predicted molar refractivity (Wildman–Crippen MR) is 99.7 cm³/mol. The lowest BCUT2D eigenvalue weighted by Gasteiger charge is -2.08. The number of nitrogens with one attached hydrogen (secondary N) is 1. The van der Waals surface area contributed by atoms with Gasteiger partial charge >= 0.3 is 5.97 Å². The minimum Gasteiger partial charge on any atom is -0.462 e. The van der Waals surface area contributed by atoms with Crippen molar-refractivity contribution in [3.8, 4) is 5.69 Å². The van der Waals surface area contributed by atoms with Crippen LogP contribution in [0.15, 0.2) is 54.9 Å². The number of hydrogen-bond donors (Lipinski definition) is 1. The van der Waals surface area contributed by atoms with Crippen LogP contribution in [-0.4, -0.2) is 33.2 Å². The van der Waals surface area contributed by atoms with E-state index in [0.29, 0.717) is 30.0 Å². The molecular weight excluding hydrogens is 344 g/mol. The number of amides is 1. The fourth-order valence-electron chi connectivity index (χ4n) is 2.61. The SMILES string of the molecule is CCOC(=O)c1cnn(-c2ccc(C(=O)NCc3ccccn3)cc2)c1C. The zero-order valence-corrected chi connectivity index (χ0v) is 15.2. The first-order chi connectivity index (χ1) is 13.1. The van der Waals surface area contributed by atoms with Gasteiger partial charge in [0.15, 0.2) is 0 Å². The number of pyridine rings is 1. The molecule has 7 heteroatoms. The second-order valence-corrected chi connectivity index (χ2v) is 5.83. The molecule has 138 valence electrons. The van der Waals surface area contributed by atoms with Gasteiger partial charge in [-0.2, -0.15) is 5.10 Å². The molecule has 0 aliphatic rings. The molecule has 0 fully saturated rings. The quantitative estimate of drug-likeness (QED) is 0.680. The van der Waals surface area contributed by atoms with Crippen LogP contribution in [0.25, 0.3) is 5.69 Å². The summed E-state index contributed by atoms with van der Waals surface area (Å²) in [7, 11) is 0. The second kappa shape index (κ2) is 8.27. The Balaban J connectivity index is 1.70. The van der Waals surface area contributed by atoms with Crippen LogP contribution >= 0.6 is 0 Å². The first-order valence-corrected chi connectivity index (χ1v) is 8.60. The number of benzene rings is 1. The van der Waals surface area contributed by atoms with Crippen LogP contribution in [0.5, 0.6) is 0 Å². The Bertz CT molecular complexity index is 934. The second-order valence-electron chi connectivity index (χ2n) is 5.83. The van der Waals surface area contributed by atoms with E-state index >= 15 is 0 Å². The Hall–Kier alpha value is -3.48. The number of aromatic nitrogens is 3. The Morgan fingerprint density at radius 1 is 1.15 bits per heavy atom. The largest absolute Gasteiger partial charge is 0.462 e. The number of ether oxygens (including phenoxy) is 1. The Labute approximate surface area is 157 Å². The molecule has 2 heterocycles. The maximum atomic E-state index is 12.3. The molecule has 0 saturated heterocycles. The minimum atomic E-state index is -0.397. The van der Waals surface area contributed by atoms with Crippen molar-refractivity contribution in [1.29, 1.82) is 0 Å². The molecule has 0 saturated carbocycles. The number of carbonyl (C=O) groups is 2. The third-order valence-corrected chi connectivity index (χ3v) is 4.04. The highest BCUT2D eigenvalue weighted by Crippen LogP contribution is 2.16. The maximum Gasteiger partial charge on any atom is 0.341 e. The molecule has 0 unspecified atom stereocenters. The highest BCUT2D eigenvalue weighted by atomic mass is 16.5. The van der Waals surface area contributed by atoms with Crippen LogP contribution < -0.4 is 5.32 Å². The molecule has 0 radical (unpaired) electrons. The predicted octanol–water partition coefficient (Wildman–Crippen LogP) is 2.68. The normalized spacial score (nSPS) is 10.4. The lowest BCUT2D eigenvalue weighted by molar-refractivity contribution is 0.0525. The zero-order chi connectivity index (χ0) is 19.2. The van der Waals surface area contributed by atoms with E-state index in [9.17, 15) is 9.59 Å². The number of carbonyl (C=O) groups excluding carboxylic acids is 2. The monoisotopic (exact) mass is 364 g/mol. The molecule has 0 atom stereocenters. The van der Waals surface area contributed by atoms with Crippen LogP contribution in [-0.2, 0) is 11.3 Å². The standard InChI is InChI=1S/C20H20N4O3/c1-3-27-20(26)18-13-23-24(14(18)2)17-9-7-15(8-10-17)19(25)22-12-16-6-4-5-11-21-16/h4-11,13H,3,12H2,1-2H3,(H,22,25). The van der Waals surface area contributed by atoms with Gasteiger partial charge in [-0.25, -0.2) is 9.48 Å². The van der Waals surface area contributed by atoms with Crippen LogP contribution in [0.4, 0.5) is 0 Å². The zero-order valence-electron chi connectivity index (χ0n) is 15.2. The molecule has 3 aromatic rings. The van der Waals surface area contributed by atoms with Gasteiger partial charge in [-0.05, 0) is 50.2 Å². The van der Waals surface area contributed by atoms with Gasteiger partial charge in [-0.15, -0.1) is 0 Å². The number of nitrogens with zero attached hydrogens (tertiary/aromatic N) is 3. The molecule has 1 N–H and O–H groups in total.